The molecule has 2 aromatic rings. The van der Waals surface area contributed by atoms with Crippen LogP contribution in [0.15, 0.2) is 30.5 Å². The molecule has 0 aliphatic rings. The number of hydrogen-bond acceptors (Lipinski definition) is 3. The van der Waals surface area contributed by atoms with Crippen LogP contribution in [0.4, 0.5) is 0 Å². The minimum absolute atomic E-state index is 0.720. The van der Waals surface area contributed by atoms with Crippen LogP contribution in [0.25, 0.3) is 10.9 Å². The molecule has 0 bridgehead atoms. The third-order valence-electron chi connectivity index (χ3n) is 3.39. The summed E-state index contributed by atoms with van der Waals surface area (Å²) >= 11 is 0. The number of benzene rings is 1. The van der Waals surface area contributed by atoms with E-state index in [1.54, 1.807) is 0 Å². The van der Waals surface area contributed by atoms with E-state index in [2.05, 4.69) is 47.2 Å². The van der Waals surface area contributed by atoms with Crippen molar-refractivity contribution < 1.29 is 0 Å². The lowest BCUT2D eigenvalue weighted by atomic mass is 10.2. The molecule has 0 aliphatic heterocycles. The third-order valence-corrected chi connectivity index (χ3v) is 3.39. The predicted octanol–water partition coefficient (Wildman–Crippen LogP) is 2.05. The second kappa shape index (κ2) is 7.09. The van der Waals surface area contributed by atoms with Crippen molar-refractivity contribution >= 4 is 10.9 Å². The molecular formula is C16H22N4. The molecule has 1 aromatic heterocycles. The van der Waals surface area contributed by atoms with Crippen LogP contribution in [0, 0.1) is 11.3 Å². The van der Waals surface area contributed by atoms with Crippen LogP contribution in [-0.4, -0.2) is 43.2 Å². The first kappa shape index (κ1) is 14.6. The lowest BCUT2D eigenvalue weighted by molar-refractivity contribution is 0.393. The van der Waals surface area contributed by atoms with Crippen molar-refractivity contribution in [3.05, 3.63) is 36.0 Å². The predicted molar refractivity (Wildman–Crippen MR) is 82.7 cm³/mol. The number of rotatable bonds is 7. The average molecular weight is 270 g/mol. The number of fused-ring (bicyclic) bond motifs is 1. The molecule has 1 aromatic carbocycles. The molecule has 0 unspecified atom stereocenters. The molecule has 0 radical (unpaired) electrons. The van der Waals surface area contributed by atoms with Gasteiger partial charge in [-0.05, 0) is 57.9 Å². The first-order valence-corrected chi connectivity index (χ1v) is 7.05. The van der Waals surface area contributed by atoms with E-state index < -0.39 is 0 Å². The van der Waals surface area contributed by atoms with E-state index in [0.29, 0.717) is 0 Å². The van der Waals surface area contributed by atoms with Gasteiger partial charge in [0.25, 0.3) is 0 Å². The highest BCUT2D eigenvalue weighted by atomic mass is 15.1. The zero-order valence-electron chi connectivity index (χ0n) is 12.3. The van der Waals surface area contributed by atoms with Crippen LogP contribution < -0.4 is 5.32 Å². The molecule has 2 rings (SSSR count). The zero-order chi connectivity index (χ0) is 14.4. The van der Waals surface area contributed by atoms with Gasteiger partial charge in [-0.25, -0.2) is 0 Å². The van der Waals surface area contributed by atoms with Crippen LogP contribution in [-0.2, 0) is 6.54 Å². The van der Waals surface area contributed by atoms with Gasteiger partial charge in [0.1, 0.15) is 0 Å². The van der Waals surface area contributed by atoms with Gasteiger partial charge < -0.3 is 14.8 Å². The summed E-state index contributed by atoms with van der Waals surface area (Å²) in [6.07, 6.45) is 3.26. The molecule has 0 spiro atoms. The van der Waals surface area contributed by atoms with Crippen LogP contribution in [0.5, 0.6) is 0 Å². The van der Waals surface area contributed by atoms with Gasteiger partial charge in [-0.3, -0.25) is 0 Å². The largest absolute Gasteiger partial charge is 0.346 e. The van der Waals surface area contributed by atoms with Gasteiger partial charge in [0.05, 0.1) is 11.6 Å². The fourth-order valence-electron chi connectivity index (χ4n) is 2.31. The smallest absolute Gasteiger partial charge is 0.0991 e. The molecule has 1 N–H and O–H groups in total. The van der Waals surface area contributed by atoms with Gasteiger partial charge in [-0.1, -0.05) is 0 Å². The molecule has 0 amide bonds. The standard InChI is InChI=1S/C16H22N4/c1-19(2)9-3-7-18-8-11-20-10-6-15-12-14(13-17)4-5-16(15)20/h4-6,10,12,18H,3,7-9,11H2,1-2H3. The molecule has 106 valence electrons. The number of nitriles is 1. The minimum atomic E-state index is 0.720. The Labute approximate surface area is 120 Å². The molecule has 4 nitrogen and oxygen atoms in total. The van der Waals surface area contributed by atoms with Crippen molar-refractivity contribution in [2.75, 3.05) is 33.7 Å². The van der Waals surface area contributed by atoms with Gasteiger partial charge in [0.2, 0.25) is 0 Å². The Morgan fingerprint density at radius 1 is 1.25 bits per heavy atom. The summed E-state index contributed by atoms with van der Waals surface area (Å²) in [5.74, 6) is 0. The lowest BCUT2D eigenvalue weighted by Crippen LogP contribution is -2.24. The maximum absolute atomic E-state index is 8.90. The molecule has 20 heavy (non-hydrogen) atoms. The van der Waals surface area contributed by atoms with E-state index in [0.717, 1.165) is 37.1 Å². The summed E-state index contributed by atoms with van der Waals surface area (Å²) < 4.78 is 2.23. The van der Waals surface area contributed by atoms with Gasteiger partial charge in [0, 0.05) is 30.2 Å². The summed E-state index contributed by atoms with van der Waals surface area (Å²) in [6, 6.07) is 10.1. The van der Waals surface area contributed by atoms with E-state index in [-0.39, 0.29) is 0 Å². The van der Waals surface area contributed by atoms with Gasteiger partial charge in [-0.2, -0.15) is 5.26 Å². The van der Waals surface area contributed by atoms with Crippen molar-refractivity contribution in [3.63, 3.8) is 0 Å². The molecule has 0 atom stereocenters. The number of hydrogen-bond donors (Lipinski definition) is 1. The maximum Gasteiger partial charge on any atom is 0.0991 e. The molecule has 4 heteroatoms. The van der Waals surface area contributed by atoms with Crippen LogP contribution in [0.1, 0.15) is 12.0 Å². The molecule has 0 saturated heterocycles. The van der Waals surface area contributed by atoms with Crippen molar-refractivity contribution in [2.45, 2.75) is 13.0 Å². The number of aromatic nitrogens is 1. The Balaban J connectivity index is 1.83. The Morgan fingerprint density at radius 3 is 2.85 bits per heavy atom. The third kappa shape index (κ3) is 3.83. The fraction of sp³-hybridized carbons (Fsp3) is 0.438. The zero-order valence-corrected chi connectivity index (χ0v) is 12.3. The quantitative estimate of drug-likeness (QED) is 0.783. The van der Waals surface area contributed by atoms with E-state index in [1.807, 2.05) is 18.2 Å². The van der Waals surface area contributed by atoms with Gasteiger partial charge in [0.15, 0.2) is 0 Å². The summed E-state index contributed by atoms with van der Waals surface area (Å²) in [4.78, 5) is 2.20. The molecular weight excluding hydrogens is 248 g/mol. The highest BCUT2D eigenvalue weighted by Crippen LogP contribution is 2.17. The normalized spacial score (nSPS) is 11.1. The lowest BCUT2D eigenvalue weighted by Gasteiger charge is -2.10. The van der Waals surface area contributed by atoms with Crippen LogP contribution in [0.3, 0.4) is 0 Å². The van der Waals surface area contributed by atoms with Crippen molar-refractivity contribution in [3.8, 4) is 6.07 Å². The Bertz CT molecular complexity index is 592. The molecule has 0 fully saturated rings. The Morgan fingerprint density at radius 2 is 2.10 bits per heavy atom. The number of nitrogens with one attached hydrogen (secondary N) is 1. The molecule has 0 aliphatic carbocycles. The SMILES string of the molecule is CN(C)CCCNCCn1ccc2cc(C#N)ccc21. The highest BCUT2D eigenvalue weighted by molar-refractivity contribution is 5.81. The number of nitrogens with zero attached hydrogens (tertiary/aromatic N) is 3. The van der Waals surface area contributed by atoms with E-state index >= 15 is 0 Å². The van der Waals surface area contributed by atoms with Crippen LogP contribution >= 0.6 is 0 Å². The van der Waals surface area contributed by atoms with Crippen molar-refractivity contribution in [1.82, 2.24) is 14.8 Å². The summed E-state index contributed by atoms with van der Waals surface area (Å²) in [5.41, 5.74) is 1.91. The summed E-state index contributed by atoms with van der Waals surface area (Å²) in [7, 11) is 4.20. The fourth-order valence-corrected chi connectivity index (χ4v) is 2.31. The molecule has 0 saturated carbocycles. The van der Waals surface area contributed by atoms with Crippen LogP contribution in [0.2, 0.25) is 0 Å². The monoisotopic (exact) mass is 270 g/mol. The highest BCUT2D eigenvalue weighted by Gasteiger charge is 2.01. The van der Waals surface area contributed by atoms with Gasteiger partial charge in [-0.15, -0.1) is 0 Å². The topological polar surface area (TPSA) is 44.0 Å². The first-order valence-electron chi connectivity index (χ1n) is 7.05. The molecule has 1 heterocycles. The van der Waals surface area contributed by atoms with E-state index in [1.165, 1.54) is 11.9 Å². The summed E-state index contributed by atoms with van der Waals surface area (Å²) in [5, 5.41) is 13.5. The Hall–Kier alpha value is -1.83. The maximum atomic E-state index is 8.90. The van der Waals surface area contributed by atoms with Crippen molar-refractivity contribution in [1.29, 1.82) is 5.26 Å². The second-order valence-electron chi connectivity index (χ2n) is 5.30. The van der Waals surface area contributed by atoms with E-state index in [9.17, 15) is 0 Å². The second-order valence-corrected chi connectivity index (χ2v) is 5.30. The summed E-state index contributed by atoms with van der Waals surface area (Å²) in [6.45, 7) is 4.10. The van der Waals surface area contributed by atoms with Crippen molar-refractivity contribution in [2.24, 2.45) is 0 Å². The van der Waals surface area contributed by atoms with E-state index in [4.69, 9.17) is 5.26 Å². The first-order chi connectivity index (χ1) is 9.70. The van der Waals surface area contributed by atoms with Gasteiger partial charge >= 0.3 is 0 Å². The average Bonchev–Trinajstić information content (AvgIpc) is 2.84. The Kier molecular flexibility index (Phi) is 5.16. The minimum Gasteiger partial charge on any atom is -0.346 e.